The van der Waals surface area contributed by atoms with Crippen molar-refractivity contribution in [1.82, 2.24) is 0 Å². The van der Waals surface area contributed by atoms with Crippen LogP contribution in [0, 0.1) is 0 Å². The summed E-state index contributed by atoms with van der Waals surface area (Å²) in [6.45, 7) is 9.65. The molecule has 0 radical (unpaired) electrons. The molecule has 0 spiro atoms. The number of anilines is 6. The van der Waals surface area contributed by atoms with Gasteiger partial charge < -0.3 is 9.80 Å². The minimum Gasteiger partial charge on any atom is -0.310 e. The monoisotopic (exact) mass is 946 g/mol. The number of para-hydroxylation sites is 4. The number of benzene rings is 12. The lowest BCUT2D eigenvalue weighted by molar-refractivity contribution is 0.660. The Balaban J connectivity index is 0.861. The molecule has 2 aliphatic rings. The Kier molecular flexibility index (Phi) is 9.94. The number of hydrogen-bond acceptors (Lipinski definition) is 2. The van der Waals surface area contributed by atoms with Gasteiger partial charge >= 0.3 is 0 Å². The maximum absolute atomic E-state index is 2.49. The van der Waals surface area contributed by atoms with Gasteiger partial charge in [-0.3, -0.25) is 0 Å². The van der Waals surface area contributed by atoms with Crippen LogP contribution in [0.25, 0.3) is 76.8 Å². The molecule has 2 nitrogen and oxygen atoms in total. The van der Waals surface area contributed by atoms with Crippen molar-refractivity contribution < 1.29 is 0 Å². The second kappa shape index (κ2) is 16.8. The first-order chi connectivity index (χ1) is 36.3. The highest BCUT2D eigenvalue weighted by molar-refractivity contribution is 6.13. The summed E-state index contributed by atoms with van der Waals surface area (Å²) in [6.07, 6.45) is 0. The highest BCUT2D eigenvalue weighted by Gasteiger charge is 2.40. The molecule has 0 amide bonds. The van der Waals surface area contributed by atoms with Crippen molar-refractivity contribution in [3.8, 4) is 44.5 Å². The summed E-state index contributed by atoms with van der Waals surface area (Å²) in [5.41, 5.74) is 22.4. The zero-order chi connectivity index (χ0) is 49.7. The molecule has 2 heteroatoms. The zero-order valence-electron chi connectivity index (χ0n) is 42.1. The summed E-state index contributed by atoms with van der Waals surface area (Å²) in [4.78, 5) is 4.75. The standard InChI is InChI=1S/C72H54N2/c1-71(2)63-41-37-60-59(69(63)61-35-33-47(45-65(61)71)53-39-43-67(57-31-19-17-29-55(53)57)73(49-21-9-5-10-22-49)50-23-11-6-12-24-50)38-42-64-70(60)62-36-34-48(46-66(62)72(64,3)4)54-40-44-68(58-32-20-18-30-56(54)58)74(51-25-13-7-14-26-51)52-27-15-8-16-28-52/h5-46H,1-4H3. The van der Waals surface area contributed by atoms with Crippen LogP contribution in [0.3, 0.4) is 0 Å². The summed E-state index contributed by atoms with van der Waals surface area (Å²) in [7, 11) is 0. The van der Waals surface area contributed by atoms with Crippen molar-refractivity contribution in [3.63, 3.8) is 0 Å². The van der Waals surface area contributed by atoms with Crippen LogP contribution >= 0.6 is 0 Å². The van der Waals surface area contributed by atoms with Gasteiger partial charge in [-0.05, 0) is 161 Å². The molecule has 0 fully saturated rings. The molecule has 0 unspecified atom stereocenters. The molecule has 0 N–H and O–H groups in total. The topological polar surface area (TPSA) is 6.48 Å². The lowest BCUT2D eigenvalue weighted by atomic mass is 9.80. The highest BCUT2D eigenvalue weighted by atomic mass is 15.1. The van der Waals surface area contributed by atoms with E-state index in [2.05, 4.69) is 292 Å². The maximum atomic E-state index is 2.49. The molecule has 14 rings (SSSR count). The molecule has 0 aromatic heterocycles. The first-order valence-electron chi connectivity index (χ1n) is 26.0. The van der Waals surface area contributed by atoms with Crippen molar-refractivity contribution in [1.29, 1.82) is 0 Å². The Morgan fingerprint density at radius 2 is 0.554 bits per heavy atom. The van der Waals surface area contributed by atoms with E-state index in [9.17, 15) is 0 Å². The summed E-state index contributed by atoms with van der Waals surface area (Å²) in [5, 5.41) is 7.57. The van der Waals surface area contributed by atoms with Crippen LogP contribution < -0.4 is 9.80 Å². The third-order valence-electron chi connectivity index (χ3n) is 16.4. The minimum absolute atomic E-state index is 0.190. The zero-order valence-corrected chi connectivity index (χ0v) is 42.1. The SMILES string of the molecule is CC1(C)c2cc(-c3ccc(N(c4ccccc4)c4ccccc4)c4ccccc34)ccc2-c2c1ccc1c3c(ccc21)C(C)(C)c1cc(-c2ccc(N(c4ccccc4)c4ccccc4)c4ccccc24)ccc1-3. The van der Waals surface area contributed by atoms with Gasteiger partial charge in [0, 0.05) is 44.4 Å². The van der Waals surface area contributed by atoms with Crippen molar-refractivity contribution >= 4 is 66.4 Å². The average molecular weight is 947 g/mol. The lowest BCUT2D eigenvalue weighted by Crippen LogP contribution is -2.15. The third-order valence-corrected chi connectivity index (χ3v) is 16.4. The van der Waals surface area contributed by atoms with Gasteiger partial charge in [0.05, 0.1) is 11.4 Å². The second-order valence-electron chi connectivity index (χ2n) is 21.2. The van der Waals surface area contributed by atoms with E-state index in [1.165, 1.54) is 99.1 Å². The van der Waals surface area contributed by atoms with E-state index in [-0.39, 0.29) is 10.8 Å². The number of hydrogen-bond donors (Lipinski definition) is 0. The molecule has 0 heterocycles. The largest absolute Gasteiger partial charge is 0.310 e. The van der Waals surface area contributed by atoms with E-state index in [0.717, 1.165) is 34.1 Å². The Hall–Kier alpha value is -8.98. The molecule has 0 saturated carbocycles. The molecule has 0 saturated heterocycles. The fourth-order valence-electron chi connectivity index (χ4n) is 12.8. The van der Waals surface area contributed by atoms with E-state index in [0.29, 0.717) is 0 Å². The van der Waals surface area contributed by atoms with Crippen LogP contribution in [0.2, 0.25) is 0 Å². The van der Waals surface area contributed by atoms with Gasteiger partial charge in [-0.1, -0.05) is 210 Å². The Morgan fingerprint density at radius 3 is 0.905 bits per heavy atom. The van der Waals surface area contributed by atoms with Crippen LogP contribution in [0.5, 0.6) is 0 Å². The summed E-state index contributed by atoms with van der Waals surface area (Å²) >= 11 is 0. The van der Waals surface area contributed by atoms with E-state index in [4.69, 9.17) is 0 Å². The van der Waals surface area contributed by atoms with Crippen molar-refractivity contribution in [2.75, 3.05) is 9.80 Å². The summed E-state index contributed by atoms with van der Waals surface area (Å²) in [5.74, 6) is 0. The van der Waals surface area contributed by atoms with Crippen LogP contribution in [-0.2, 0) is 10.8 Å². The molecular formula is C72H54N2. The fraction of sp³-hybridized carbons (Fsp3) is 0.0833. The molecule has 12 aromatic rings. The molecule has 352 valence electrons. The van der Waals surface area contributed by atoms with Crippen molar-refractivity contribution in [2.45, 2.75) is 38.5 Å². The van der Waals surface area contributed by atoms with E-state index in [1.807, 2.05) is 0 Å². The van der Waals surface area contributed by atoms with Gasteiger partial charge in [-0.15, -0.1) is 0 Å². The van der Waals surface area contributed by atoms with Gasteiger partial charge in [-0.25, -0.2) is 0 Å². The van der Waals surface area contributed by atoms with Crippen LogP contribution in [0.1, 0.15) is 49.9 Å². The first-order valence-corrected chi connectivity index (χ1v) is 26.0. The summed E-state index contributed by atoms with van der Waals surface area (Å²) in [6, 6.07) is 94.2. The molecule has 12 aromatic carbocycles. The fourth-order valence-corrected chi connectivity index (χ4v) is 12.8. The Labute approximate surface area is 434 Å². The number of fused-ring (bicyclic) bond motifs is 11. The van der Waals surface area contributed by atoms with Gasteiger partial charge in [0.1, 0.15) is 0 Å². The molecule has 74 heavy (non-hydrogen) atoms. The molecule has 0 bridgehead atoms. The van der Waals surface area contributed by atoms with E-state index < -0.39 is 0 Å². The van der Waals surface area contributed by atoms with Crippen molar-refractivity contribution in [3.05, 3.63) is 277 Å². The molecule has 2 aliphatic carbocycles. The van der Waals surface area contributed by atoms with Gasteiger partial charge in [0.25, 0.3) is 0 Å². The van der Waals surface area contributed by atoms with E-state index in [1.54, 1.807) is 0 Å². The molecule has 0 atom stereocenters. The second-order valence-corrected chi connectivity index (χ2v) is 21.2. The van der Waals surface area contributed by atoms with Crippen LogP contribution in [-0.4, -0.2) is 0 Å². The van der Waals surface area contributed by atoms with Gasteiger partial charge in [0.15, 0.2) is 0 Å². The smallest absolute Gasteiger partial charge is 0.0540 e. The predicted octanol–water partition coefficient (Wildman–Crippen LogP) is 20.0. The number of rotatable bonds is 8. The lowest BCUT2D eigenvalue weighted by Gasteiger charge is -2.27. The first kappa shape index (κ1) is 43.8. The molecule has 0 aliphatic heterocycles. The Morgan fingerprint density at radius 1 is 0.243 bits per heavy atom. The third kappa shape index (κ3) is 6.64. The van der Waals surface area contributed by atoms with Crippen LogP contribution in [0.4, 0.5) is 34.1 Å². The number of nitrogens with zero attached hydrogens (tertiary/aromatic N) is 2. The van der Waals surface area contributed by atoms with Gasteiger partial charge in [0.2, 0.25) is 0 Å². The highest BCUT2D eigenvalue weighted by Crippen LogP contribution is 2.57. The minimum atomic E-state index is -0.190. The average Bonchev–Trinajstić information content (AvgIpc) is 3.90. The van der Waals surface area contributed by atoms with E-state index >= 15 is 0 Å². The van der Waals surface area contributed by atoms with Crippen LogP contribution in [0.15, 0.2) is 255 Å². The normalized spacial score (nSPS) is 13.6. The summed E-state index contributed by atoms with van der Waals surface area (Å²) < 4.78 is 0. The quantitative estimate of drug-likeness (QED) is 0.150. The molecular weight excluding hydrogens is 893 g/mol. The van der Waals surface area contributed by atoms with Gasteiger partial charge in [-0.2, -0.15) is 0 Å². The Bertz CT molecular complexity index is 3820. The maximum Gasteiger partial charge on any atom is 0.0540 e. The predicted molar refractivity (Wildman–Crippen MR) is 314 cm³/mol. The van der Waals surface area contributed by atoms with Crippen molar-refractivity contribution in [2.24, 2.45) is 0 Å².